The molecule has 20 heavy (non-hydrogen) atoms. The van der Waals surface area contributed by atoms with Gasteiger partial charge in [-0.3, -0.25) is 4.79 Å². The molecule has 0 unspecified atom stereocenters. The molecule has 3 nitrogen and oxygen atoms in total. The van der Waals surface area contributed by atoms with Gasteiger partial charge in [0.2, 0.25) is 5.91 Å². The van der Waals surface area contributed by atoms with Gasteiger partial charge in [0.25, 0.3) is 0 Å². The van der Waals surface area contributed by atoms with Gasteiger partial charge in [-0.25, -0.2) is 0 Å². The first kappa shape index (κ1) is 14.5. The Balaban J connectivity index is 1.85. The standard InChI is InChI=1S/C15H17F2NO2/c1-10(12-5-6-12)18-14(19)9-4-11-2-7-13(8-3-11)20-15(16)17/h2-4,7-10,12,15H,5-6H2,1H3,(H,18,19)/b9-4+/t10-/m0/s1. The summed E-state index contributed by atoms with van der Waals surface area (Å²) in [7, 11) is 0. The van der Waals surface area contributed by atoms with E-state index in [0.29, 0.717) is 5.92 Å². The van der Waals surface area contributed by atoms with Crippen molar-refractivity contribution in [3.05, 3.63) is 35.9 Å². The van der Waals surface area contributed by atoms with Crippen LogP contribution in [0.3, 0.4) is 0 Å². The second-order valence-corrected chi connectivity index (χ2v) is 4.92. The minimum Gasteiger partial charge on any atom is -0.435 e. The summed E-state index contributed by atoms with van der Waals surface area (Å²) >= 11 is 0. The molecule has 0 bridgehead atoms. The molecule has 1 aromatic rings. The minimum atomic E-state index is -2.83. The lowest BCUT2D eigenvalue weighted by Gasteiger charge is -2.10. The fraction of sp³-hybridized carbons (Fsp3) is 0.400. The SMILES string of the molecule is C[C@H](NC(=O)/C=C/c1ccc(OC(F)F)cc1)C1CC1. The van der Waals surface area contributed by atoms with Gasteiger partial charge in [-0.15, -0.1) is 0 Å². The maximum Gasteiger partial charge on any atom is 0.387 e. The third kappa shape index (κ3) is 4.64. The molecule has 1 fully saturated rings. The smallest absolute Gasteiger partial charge is 0.387 e. The molecule has 0 aliphatic heterocycles. The Morgan fingerprint density at radius 1 is 1.35 bits per heavy atom. The highest BCUT2D eigenvalue weighted by Gasteiger charge is 2.28. The molecule has 0 saturated heterocycles. The van der Waals surface area contributed by atoms with E-state index in [9.17, 15) is 13.6 Å². The van der Waals surface area contributed by atoms with E-state index in [4.69, 9.17) is 0 Å². The van der Waals surface area contributed by atoms with Crippen molar-refractivity contribution in [2.45, 2.75) is 32.4 Å². The van der Waals surface area contributed by atoms with Crippen molar-refractivity contribution in [1.29, 1.82) is 0 Å². The zero-order chi connectivity index (χ0) is 14.5. The molecule has 0 spiro atoms. The quantitative estimate of drug-likeness (QED) is 0.813. The summed E-state index contributed by atoms with van der Waals surface area (Å²) < 4.78 is 28.2. The number of alkyl halides is 2. The molecule has 1 N–H and O–H groups in total. The summed E-state index contributed by atoms with van der Waals surface area (Å²) in [6, 6.07) is 6.32. The molecule has 1 amide bonds. The molecule has 1 saturated carbocycles. The van der Waals surface area contributed by atoms with E-state index in [1.54, 1.807) is 18.2 Å². The number of halogens is 2. The first-order chi connectivity index (χ1) is 9.54. The van der Waals surface area contributed by atoms with Crippen LogP contribution in [0.2, 0.25) is 0 Å². The monoisotopic (exact) mass is 281 g/mol. The van der Waals surface area contributed by atoms with Crippen molar-refractivity contribution in [1.82, 2.24) is 5.32 Å². The Bertz CT molecular complexity index is 481. The Hall–Kier alpha value is -1.91. The Morgan fingerprint density at radius 3 is 2.55 bits per heavy atom. The van der Waals surface area contributed by atoms with Gasteiger partial charge in [0, 0.05) is 12.1 Å². The van der Waals surface area contributed by atoms with Crippen LogP contribution >= 0.6 is 0 Å². The van der Waals surface area contributed by atoms with E-state index in [-0.39, 0.29) is 17.7 Å². The van der Waals surface area contributed by atoms with Gasteiger partial charge in [0.1, 0.15) is 5.75 Å². The number of rotatable bonds is 6. The molecular formula is C15H17F2NO2. The molecule has 0 radical (unpaired) electrons. The Labute approximate surface area is 116 Å². The predicted molar refractivity (Wildman–Crippen MR) is 72.4 cm³/mol. The predicted octanol–water partition coefficient (Wildman–Crippen LogP) is 3.22. The van der Waals surface area contributed by atoms with Crippen LogP contribution < -0.4 is 10.1 Å². The average Bonchev–Trinajstić information content (AvgIpc) is 3.21. The fourth-order valence-electron chi connectivity index (χ4n) is 1.92. The van der Waals surface area contributed by atoms with Crippen LogP contribution in [0.4, 0.5) is 8.78 Å². The highest BCUT2D eigenvalue weighted by molar-refractivity contribution is 5.91. The van der Waals surface area contributed by atoms with E-state index in [0.717, 1.165) is 5.56 Å². The highest BCUT2D eigenvalue weighted by Crippen LogP contribution is 2.32. The van der Waals surface area contributed by atoms with Crippen molar-refractivity contribution in [3.8, 4) is 5.75 Å². The van der Waals surface area contributed by atoms with Gasteiger partial charge in [0.15, 0.2) is 0 Å². The average molecular weight is 281 g/mol. The summed E-state index contributed by atoms with van der Waals surface area (Å²) in [6.45, 7) is -0.828. The van der Waals surface area contributed by atoms with Gasteiger partial charge >= 0.3 is 6.61 Å². The fourth-order valence-corrected chi connectivity index (χ4v) is 1.92. The molecule has 0 heterocycles. The number of carbonyl (C=O) groups is 1. The van der Waals surface area contributed by atoms with Crippen LogP contribution in [-0.2, 0) is 4.79 Å². The number of hydrogen-bond acceptors (Lipinski definition) is 2. The molecule has 5 heteroatoms. The van der Waals surface area contributed by atoms with Crippen LogP contribution in [0.5, 0.6) is 5.75 Å². The largest absolute Gasteiger partial charge is 0.435 e. The van der Waals surface area contributed by atoms with E-state index in [2.05, 4.69) is 10.1 Å². The first-order valence-corrected chi connectivity index (χ1v) is 6.58. The Kier molecular flexibility index (Phi) is 4.71. The van der Waals surface area contributed by atoms with Gasteiger partial charge < -0.3 is 10.1 Å². The van der Waals surface area contributed by atoms with Crippen molar-refractivity contribution in [3.63, 3.8) is 0 Å². The van der Waals surface area contributed by atoms with Crippen molar-refractivity contribution in [2.75, 3.05) is 0 Å². The van der Waals surface area contributed by atoms with Gasteiger partial charge in [-0.1, -0.05) is 12.1 Å². The number of carbonyl (C=O) groups excluding carboxylic acids is 1. The lowest BCUT2D eigenvalue weighted by molar-refractivity contribution is -0.117. The number of benzene rings is 1. The summed E-state index contributed by atoms with van der Waals surface area (Å²) in [6.07, 6.45) is 5.44. The first-order valence-electron chi connectivity index (χ1n) is 6.58. The Morgan fingerprint density at radius 2 is 2.00 bits per heavy atom. The van der Waals surface area contributed by atoms with Crippen LogP contribution in [0, 0.1) is 5.92 Å². The maximum absolute atomic E-state index is 12.0. The van der Waals surface area contributed by atoms with Crippen molar-refractivity contribution < 1.29 is 18.3 Å². The summed E-state index contributed by atoms with van der Waals surface area (Å²) in [5.41, 5.74) is 0.751. The van der Waals surface area contributed by atoms with E-state index in [1.165, 1.54) is 31.1 Å². The van der Waals surface area contributed by atoms with Crippen LogP contribution in [0.25, 0.3) is 6.08 Å². The van der Waals surface area contributed by atoms with Crippen LogP contribution in [0.15, 0.2) is 30.3 Å². The normalized spacial score (nSPS) is 16.4. The summed E-state index contributed by atoms with van der Waals surface area (Å²) in [5.74, 6) is 0.569. The topological polar surface area (TPSA) is 38.3 Å². The molecule has 1 atom stereocenters. The van der Waals surface area contributed by atoms with Gasteiger partial charge in [-0.2, -0.15) is 8.78 Å². The lowest BCUT2D eigenvalue weighted by atomic mass is 10.2. The summed E-state index contributed by atoms with van der Waals surface area (Å²) in [5, 5.41) is 2.90. The van der Waals surface area contributed by atoms with E-state index >= 15 is 0 Å². The molecule has 108 valence electrons. The molecule has 0 aromatic heterocycles. The number of amides is 1. The lowest BCUT2D eigenvalue weighted by Crippen LogP contribution is -2.32. The van der Waals surface area contributed by atoms with Crippen LogP contribution in [-0.4, -0.2) is 18.6 Å². The molecule has 1 aromatic carbocycles. The van der Waals surface area contributed by atoms with Gasteiger partial charge in [0.05, 0.1) is 0 Å². The van der Waals surface area contributed by atoms with Crippen molar-refractivity contribution in [2.24, 2.45) is 5.92 Å². The second-order valence-electron chi connectivity index (χ2n) is 4.92. The third-order valence-corrected chi connectivity index (χ3v) is 3.23. The van der Waals surface area contributed by atoms with Gasteiger partial charge in [-0.05, 0) is 49.5 Å². The highest BCUT2D eigenvalue weighted by atomic mass is 19.3. The molecular weight excluding hydrogens is 264 g/mol. The second kappa shape index (κ2) is 6.50. The van der Waals surface area contributed by atoms with E-state index < -0.39 is 6.61 Å². The molecule has 1 aliphatic carbocycles. The van der Waals surface area contributed by atoms with Crippen molar-refractivity contribution >= 4 is 12.0 Å². The number of ether oxygens (including phenoxy) is 1. The number of hydrogen-bond donors (Lipinski definition) is 1. The minimum absolute atomic E-state index is 0.101. The zero-order valence-electron chi connectivity index (χ0n) is 11.2. The molecule has 1 aliphatic rings. The third-order valence-electron chi connectivity index (χ3n) is 3.23. The zero-order valence-corrected chi connectivity index (χ0v) is 11.2. The van der Waals surface area contributed by atoms with E-state index in [1.807, 2.05) is 6.92 Å². The maximum atomic E-state index is 12.0. The molecule has 2 rings (SSSR count). The van der Waals surface area contributed by atoms with Crippen LogP contribution in [0.1, 0.15) is 25.3 Å². The number of nitrogens with one attached hydrogen (secondary N) is 1. The summed E-state index contributed by atoms with van der Waals surface area (Å²) in [4.78, 5) is 11.6.